The van der Waals surface area contributed by atoms with E-state index in [9.17, 15) is 0 Å². The standard InChI is InChI=1S/C33H26N2Se/c1-5-13-25(14-6-1)26-21-23-28(24-22-26)32-34-31(27-15-7-2-8-16-27)33(36-32)35(29-17-9-3-10-18-29)30-19-11-4-12-20-30/h1-24,31,33H/t31-,33+/m1/s1. The van der Waals surface area contributed by atoms with Crippen molar-refractivity contribution in [3.05, 3.63) is 157 Å². The van der Waals surface area contributed by atoms with Crippen molar-refractivity contribution in [2.24, 2.45) is 4.99 Å². The van der Waals surface area contributed by atoms with Crippen molar-refractivity contribution in [3.8, 4) is 11.1 Å². The molecule has 0 radical (unpaired) electrons. The molecule has 2 atom stereocenters. The Balaban J connectivity index is 1.40. The summed E-state index contributed by atoms with van der Waals surface area (Å²) >= 11 is 0.139. The van der Waals surface area contributed by atoms with Gasteiger partial charge in [-0.2, -0.15) is 0 Å². The van der Waals surface area contributed by atoms with Gasteiger partial charge in [0.15, 0.2) is 0 Å². The summed E-state index contributed by atoms with van der Waals surface area (Å²) in [6.45, 7) is 0. The van der Waals surface area contributed by atoms with E-state index < -0.39 is 0 Å². The molecule has 0 spiro atoms. The van der Waals surface area contributed by atoms with Gasteiger partial charge in [0, 0.05) is 0 Å². The SMILES string of the molecule is c1ccc(-c2ccc(C3=N[C@H](c4ccccc4)[C@@H](N(c4ccccc4)c4ccccc4)[Se]3)cc2)cc1. The molecule has 0 saturated heterocycles. The van der Waals surface area contributed by atoms with Gasteiger partial charge in [0.25, 0.3) is 0 Å². The molecule has 0 aliphatic carbocycles. The molecule has 6 rings (SSSR count). The molecule has 36 heavy (non-hydrogen) atoms. The molecule has 0 amide bonds. The summed E-state index contributed by atoms with van der Waals surface area (Å²) in [5, 5.41) is 0. The van der Waals surface area contributed by atoms with Crippen LogP contribution in [0.15, 0.2) is 151 Å². The molecule has 0 saturated carbocycles. The third kappa shape index (κ3) is 4.64. The summed E-state index contributed by atoms with van der Waals surface area (Å²) in [6, 6.07) is 51.8. The summed E-state index contributed by atoms with van der Waals surface area (Å²) in [6.07, 6.45) is 0. The van der Waals surface area contributed by atoms with Crippen LogP contribution in [-0.4, -0.2) is 24.5 Å². The van der Waals surface area contributed by atoms with E-state index in [-0.39, 0.29) is 25.9 Å². The number of hydrogen-bond acceptors (Lipinski definition) is 2. The first-order valence-corrected chi connectivity index (χ1v) is 14.1. The van der Waals surface area contributed by atoms with Crippen molar-refractivity contribution in [1.29, 1.82) is 0 Å². The number of para-hydroxylation sites is 2. The summed E-state index contributed by atoms with van der Waals surface area (Å²) < 4.78 is 1.22. The summed E-state index contributed by atoms with van der Waals surface area (Å²) in [5.74, 6) is 0. The first-order valence-electron chi connectivity index (χ1n) is 12.2. The molecule has 1 aliphatic heterocycles. The minimum absolute atomic E-state index is 0.0652. The van der Waals surface area contributed by atoms with Crippen LogP contribution in [0.5, 0.6) is 0 Å². The Morgan fingerprint density at radius 2 is 0.917 bits per heavy atom. The fourth-order valence-corrected chi connectivity index (χ4v) is 7.56. The molecule has 0 bridgehead atoms. The molecule has 1 heterocycles. The van der Waals surface area contributed by atoms with Gasteiger partial charge >= 0.3 is 220 Å². The third-order valence-corrected chi connectivity index (χ3v) is 9.14. The Kier molecular flexibility index (Phi) is 6.50. The number of rotatable bonds is 6. The quantitative estimate of drug-likeness (QED) is 0.206. The van der Waals surface area contributed by atoms with Crippen LogP contribution in [0.1, 0.15) is 17.2 Å². The van der Waals surface area contributed by atoms with E-state index in [1.54, 1.807) is 0 Å². The fraction of sp³-hybridized carbons (Fsp3) is 0.0606. The number of anilines is 2. The normalized spacial score (nSPS) is 16.9. The second kappa shape index (κ2) is 10.4. The summed E-state index contributed by atoms with van der Waals surface area (Å²) in [5.41, 5.74) is 7.36. The van der Waals surface area contributed by atoms with Crippen molar-refractivity contribution in [2.45, 2.75) is 11.0 Å². The Morgan fingerprint density at radius 1 is 0.472 bits per heavy atom. The molecule has 5 aromatic rings. The van der Waals surface area contributed by atoms with Gasteiger partial charge in [-0.3, -0.25) is 0 Å². The van der Waals surface area contributed by atoms with Gasteiger partial charge in [0.05, 0.1) is 0 Å². The maximum absolute atomic E-state index is 5.39. The third-order valence-electron chi connectivity index (χ3n) is 6.46. The van der Waals surface area contributed by atoms with Gasteiger partial charge in [-0.25, -0.2) is 0 Å². The minimum atomic E-state index is 0.0652. The molecule has 3 heteroatoms. The fourth-order valence-electron chi connectivity index (χ4n) is 4.68. The first kappa shape index (κ1) is 22.5. The zero-order valence-corrected chi connectivity index (χ0v) is 21.5. The molecular formula is C33H26N2Se. The van der Waals surface area contributed by atoms with Gasteiger partial charge in [0.1, 0.15) is 0 Å². The van der Waals surface area contributed by atoms with Crippen molar-refractivity contribution in [1.82, 2.24) is 0 Å². The maximum atomic E-state index is 5.39. The molecule has 2 nitrogen and oxygen atoms in total. The topological polar surface area (TPSA) is 15.6 Å². The second-order valence-electron chi connectivity index (χ2n) is 8.78. The van der Waals surface area contributed by atoms with Gasteiger partial charge in [0.2, 0.25) is 0 Å². The van der Waals surface area contributed by atoms with E-state index in [1.165, 1.54) is 38.2 Å². The molecule has 0 aromatic heterocycles. The molecular weight excluding hydrogens is 503 g/mol. The molecule has 0 fully saturated rings. The van der Waals surface area contributed by atoms with Crippen LogP contribution >= 0.6 is 0 Å². The number of nitrogens with zero attached hydrogens (tertiary/aromatic N) is 2. The summed E-state index contributed by atoms with van der Waals surface area (Å²) in [7, 11) is 0. The molecule has 5 aromatic carbocycles. The van der Waals surface area contributed by atoms with E-state index in [0.717, 1.165) is 0 Å². The predicted molar refractivity (Wildman–Crippen MR) is 152 cm³/mol. The van der Waals surface area contributed by atoms with Crippen LogP contribution in [0.25, 0.3) is 11.1 Å². The van der Waals surface area contributed by atoms with E-state index >= 15 is 0 Å². The van der Waals surface area contributed by atoms with Crippen LogP contribution in [-0.2, 0) is 0 Å². The first-order chi connectivity index (χ1) is 17.9. The average molecular weight is 530 g/mol. The zero-order valence-electron chi connectivity index (χ0n) is 19.8. The van der Waals surface area contributed by atoms with Gasteiger partial charge in [-0.15, -0.1) is 0 Å². The monoisotopic (exact) mass is 530 g/mol. The van der Waals surface area contributed by atoms with Crippen LogP contribution in [0, 0.1) is 0 Å². The average Bonchev–Trinajstić information content (AvgIpc) is 3.40. The van der Waals surface area contributed by atoms with E-state index in [0.29, 0.717) is 0 Å². The predicted octanol–water partition coefficient (Wildman–Crippen LogP) is 7.72. The Hall–Kier alpha value is -3.91. The Labute approximate surface area is 219 Å². The number of aliphatic imine (C=N–C) groups is 1. The van der Waals surface area contributed by atoms with Crippen molar-refractivity contribution in [2.75, 3.05) is 4.90 Å². The van der Waals surface area contributed by atoms with Crippen LogP contribution in [0.2, 0.25) is 0 Å². The van der Waals surface area contributed by atoms with Crippen molar-refractivity contribution in [3.63, 3.8) is 0 Å². The molecule has 0 unspecified atom stereocenters. The van der Waals surface area contributed by atoms with Gasteiger partial charge in [-0.05, 0) is 0 Å². The zero-order chi connectivity index (χ0) is 24.2. The van der Waals surface area contributed by atoms with E-state index in [1.807, 2.05) is 0 Å². The van der Waals surface area contributed by atoms with E-state index in [4.69, 9.17) is 4.99 Å². The van der Waals surface area contributed by atoms with Crippen LogP contribution < -0.4 is 4.90 Å². The van der Waals surface area contributed by atoms with Crippen molar-refractivity contribution < 1.29 is 0 Å². The summed E-state index contributed by atoms with van der Waals surface area (Å²) in [4.78, 5) is 8.11. The molecule has 174 valence electrons. The van der Waals surface area contributed by atoms with Gasteiger partial charge < -0.3 is 0 Å². The Bertz CT molecular complexity index is 1390. The van der Waals surface area contributed by atoms with Gasteiger partial charge in [-0.1, -0.05) is 0 Å². The molecule has 1 aliphatic rings. The number of hydrogen-bond donors (Lipinski definition) is 0. The van der Waals surface area contributed by atoms with Crippen molar-refractivity contribution >= 4 is 30.9 Å². The Morgan fingerprint density at radius 3 is 1.47 bits per heavy atom. The molecule has 0 N–H and O–H groups in total. The van der Waals surface area contributed by atoms with Crippen LogP contribution in [0.3, 0.4) is 0 Å². The van der Waals surface area contributed by atoms with Crippen LogP contribution in [0.4, 0.5) is 11.4 Å². The number of benzene rings is 5. The van der Waals surface area contributed by atoms with E-state index in [2.05, 4.69) is 150 Å². The second-order valence-corrected chi connectivity index (χ2v) is 11.1.